The summed E-state index contributed by atoms with van der Waals surface area (Å²) in [5.41, 5.74) is 10.7. The van der Waals surface area contributed by atoms with Crippen LogP contribution in [0.5, 0.6) is 0 Å². The summed E-state index contributed by atoms with van der Waals surface area (Å²) >= 11 is 11.7. The molecule has 0 unspecified atom stereocenters. The van der Waals surface area contributed by atoms with E-state index in [0.29, 0.717) is 11.8 Å². The van der Waals surface area contributed by atoms with Crippen molar-refractivity contribution in [3.8, 4) is 0 Å². The molecule has 138 valence electrons. The van der Waals surface area contributed by atoms with E-state index in [0.717, 1.165) is 46.5 Å². The Morgan fingerprint density at radius 2 is 2.38 bits per heavy atom. The number of thiophene rings is 1. The summed E-state index contributed by atoms with van der Waals surface area (Å²) in [5, 5.41) is 10.5. The number of nitrogens with zero attached hydrogens (tertiary/aromatic N) is 2. The maximum atomic E-state index is 6.39. The van der Waals surface area contributed by atoms with E-state index in [1.807, 2.05) is 10.6 Å². The van der Waals surface area contributed by atoms with Crippen molar-refractivity contribution in [2.24, 2.45) is 5.73 Å². The van der Waals surface area contributed by atoms with E-state index in [1.165, 1.54) is 4.88 Å². The summed E-state index contributed by atoms with van der Waals surface area (Å²) in [4.78, 5) is 1.27. The minimum atomic E-state index is 0.0779. The zero-order valence-electron chi connectivity index (χ0n) is 14.3. The zero-order chi connectivity index (χ0) is 18.3. The van der Waals surface area contributed by atoms with Crippen LogP contribution in [0.1, 0.15) is 28.3 Å². The van der Waals surface area contributed by atoms with E-state index in [2.05, 4.69) is 50.8 Å². The van der Waals surface area contributed by atoms with Crippen molar-refractivity contribution in [1.29, 1.82) is 0 Å². The second kappa shape index (κ2) is 7.48. The molecule has 4 rings (SSSR count). The minimum Gasteiger partial charge on any atom is -0.381 e. The highest BCUT2D eigenvalue weighted by Gasteiger charge is 2.31. The van der Waals surface area contributed by atoms with Gasteiger partial charge in [-0.15, -0.1) is 11.3 Å². The number of anilines is 1. The topological polar surface area (TPSA) is 64.6 Å². The van der Waals surface area contributed by atoms with Crippen molar-refractivity contribution in [2.75, 3.05) is 18.5 Å². The lowest BCUT2D eigenvalue weighted by Crippen LogP contribution is -2.37. The van der Waals surface area contributed by atoms with Crippen LogP contribution in [0.3, 0.4) is 0 Å². The van der Waals surface area contributed by atoms with Crippen molar-refractivity contribution < 1.29 is 4.74 Å². The zero-order valence-corrected chi connectivity index (χ0v) is 17.5. The largest absolute Gasteiger partial charge is 0.381 e. The van der Waals surface area contributed by atoms with Crippen LogP contribution in [0.15, 0.2) is 28.2 Å². The SMILES string of the molecule is Cc1c([C@H]2COCC[C@@H]2N)c(Br)n2nc(Cl)cc(NCc3cccs3)c12. The van der Waals surface area contributed by atoms with Crippen LogP contribution in [-0.2, 0) is 11.3 Å². The predicted octanol–water partition coefficient (Wildman–Crippen LogP) is 4.56. The van der Waals surface area contributed by atoms with Crippen LogP contribution in [0.2, 0.25) is 5.15 Å². The van der Waals surface area contributed by atoms with Crippen LogP contribution in [-0.4, -0.2) is 28.9 Å². The maximum Gasteiger partial charge on any atom is 0.152 e. The van der Waals surface area contributed by atoms with Crippen molar-refractivity contribution >= 4 is 50.1 Å². The molecule has 0 saturated carbocycles. The van der Waals surface area contributed by atoms with Gasteiger partial charge < -0.3 is 15.8 Å². The van der Waals surface area contributed by atoms with Gasteiger partial charge in [0.2, 0.25) is 0 Å². The Labute approximate surface area is 169 Å². The molecule has 1 aliphatic heterocycles. The van der Waals surface area contributed by atoms with E-state index < -0.39 is 0 Å². The molecule has 0 radical (unpaired) electrons. The van der Waals surface area contributed by atoms with Crippen LogP contribution in [0, 0.1) is 6.92 Å². The molecule has 1 fully saturated rings. The lowest BCUT2D eigenvalue weighted by molar-refractivity contribution is 0.0688. The van der Waals surface area contributed by atoms with Gasteiger partial charge in [-0.3, -0.25) is 0 Å². The van der Waals surface area contributed by atoms with Crippen LogP contribution in [0.4, 0.5) is 5.69 Å². The molecule has 5 nitrogen and oxygen atoms in total. The molecule has 2 atom stereocenters. The van der Waals surface area contributed by atoms with Crippen molar-refractivity contribution in [3.05, 3.63) is 49.3 Å². The van der Waals surface area contributed by atoms with Gasteiger partial charge in [0.25, 0.3) is 0 Å². The number of rotatable bonds is 4. The van der Waals surface area contributed by atoms with E-state index in [4.69, 9.17) is 22.1 Å². The fourth-order valence-corrected chi connectivity index (χ4v) is 5.27. The average molecular weight is 456 g/mol. The summed E-state index contributed by atoms with van der Waals surface area (Å²) in [7, 11) is 0. The Morgan fingerprint density at radius 3 is 3.12 bits per heavy atom. The third kappa shape index (κ3) is 3.27. The van der Waals surface area contributed by atoms with Crippen molar-refractivity contribution in [2.45, 2.75) is 31.8 Å². The molecule has 8 heteroatoms. The maximum absolute atomic E-state index is 6.39. The molecular formula is C18H20BrClN4OS. The third-order valence-electron chi connectivity index (χ3n) is 4.91. The highest BCUT2D eigenvalue weighted by Crippen LogP contribution is 2.39. The number of aromatic nitrogens is 2. The highest BCUT2D eigenvalue weighted by molar-refractivity contribution is 9.10. The lowest BCUT2D eigenvalue weighted by atomic mass is 9.89. The molecule has 0 spiro atoms. The van der Waals surface area contributed by atoms with Gasteiger partial charge in [-0.2, -0.15) is 5.10 Å². The Balaban J connectivity index is 1.79. The number of nitrogens with one attached hydrogen (secondary N) is 1. The van der Waals surface area contributed by atoms with Gasteiger partial charge in [-0.05, 0) is 51.8 Å². The summed E-state index contributed by atoms with van der Waals surface area (Å²) in [6, 6.07) is 6.13. The van der Waals surface area contributed by atoms with E-state index in [9.17, 15) is 0 Å². The first-order chi connectivity index (χ1) is 12.6. The number of aryl methyl sites for hydroxylation is 1. The van der Waals surface area contributed by atoms with Gasteiger partial charge in [0.05, 0.1) is 17.8 Å². The van der Waals surface area contributed by atoms with Crippen LogP contribution < -0.4 is 11.1 Å². The first-order valence-corrected chi connectivity index (χ1v) is 10.6. The van der Waals surface area contributed by atoms with Gasteiger partial charge in [0.1, 0.15) is 4.60 Å². The Hall–Kier alpha value is -1.12. The molecule has 3 N–H and O–H groups in total. The fraction of sp³-hybridized carbons (Fsp3) is 0.389. The van der Waals surface area contributed by atoms with Gasteiger partial charge in [0, 0.05) is 36.1 Å². The average Bonchev–Trinajstić information content (AvgIpc) is 3.22. The predicted molar refractivity (Wildman–Crippen MR) is 110 cm³/mol. The molecule has 1 aliphatic rings. The van der Waals surface area contributed by atoms with Gasteiger partial charge in [-0.1, -0.05) is 17.7 Å². The third-order valence-corrected chi connectivity index (χ3v) is 6.73. The number of hydrogen-bond acceptors (Lipinski definition) is 5. The highest BCUT2D eigenvalue weighted by atomic mass is 79.9. The first-order valence-electron chi connectivity index (χ1n) is 8.53. The van der Waals surface area contributed by atoms with E-state index in [-0.39, 0.29) is 12.0 Å². The van der Waals surface area contributed by atoms with Crippen LogP contribution >= 0.6 is 38.9 Å². The Morgan fingerprint density at radius 1 is 1.54 bits per heavy atom. The molecule has 26 heavy (non-hydrogen) atoms. The summed E-state index contributed by atoms with van der Waals surface area (Å²) in [6.45, 7) is 4.21. The van der Waals surface area contributed by atoms with E-state index in [1.54, 1.807) is 11.3 Å². The monoisotopic (exact) mass is 454 g/mol. The molecule has 0 amide bonds. The summed E-state index contributed by atoms with van der Waals surface area (Å²) < 4.78 is 8.46. The second-order valence-corrected chi connectivity index (χ2v) is 8.71. The number of fused-ring (bicyclic) bond motifs is 1. The molecule has 3 aromatic heterocycles. The number of halogens is 2. The fourth-order valence-electron chi connectivity index (χ4n) is 3.59. The lowest BCUT2D eigenvalue weighted by Gasteiger charge is -2.29. The van der Waals surface area contributed by atoms with Gasteiger partial charge in [0.15, 0.2) is 5.15 Å². The summed E-state index contributed by atoms with van der Waals surface area (Å²) in [5.74, 6) is 0.142. The second-order valence-electron chi connectivity index (χ2n) is 6.54. The van der Waals surface area contributed by atoms with Gasteiger partial charge >= 0.3 is 0 Å². The van der Waals surface area contributed by atoms with Gasteiger partial charge in [-0.25, -0.2) is 4.52 Å². The summed E-state index contributed by atoms with van der Waals surface area (Å²) in [6.07, 6.45) is 0.862. The molecule has 4 heterocycles. The molecule has 1 saturated heterocycles. The Bertz CT molecular complexity index is 927. The number of ether oxygens (including phenoxy) is 1. The normalized spacial score (nSPS) is 20.6. The molecule has 0 aromatic carbocycles. The standard InChI is InChI=1S/C18H20BrClN4OS/c1-10-16(12-9-25-5-4-13(12)21)18(19)24-17(10)14(7-15(20)23-24)22-8-11-3-2-6-26-11/h2-3,6-7,12-13,22H,4-5,8-9,21H2,1H3/t12-,13-/m0/s1. The van der Waals surface area contributed by atoms with Crippen LogP contribution in [0.25, 0.3) is 5.52 Å². The van der Waals surface area contributed by atoms with Crippen molar-refractivity contribution in [3.63, 3.8) is 0 Å². The number of hydrogen-bond donors (Lipinski definition) is 2. The number of nitrogens with two attached hydrogens (primary N) is 1. The Kier molecular flexibility index (Phi) is 5.25. The molecule has 0 aliphatic carbocycles. The molecular weight excluding hydrogens is 436 g/mol. The molecule has 0 bridgehead atoms. The minimum absolute atomic E-state index is 0.0779. The van der Waals surface area contributed by atoms with E-state index >= 15 is 0 Å². The molecule has 3 aromatic rings. The van der Waals surface area contributed by atoms with Crippen molar-refractivity contribution in [1.82, 2.24) is 9.61 Å². The first kappa shape index (κ1) is 18.3. The quantitative estimate of drug-likeness (QED) is 0.605. The smallest absolute Gasteiger partial charge is 0.152 e.